The minimum Gasteiger partial charge on any atom is -0.338 e. The molecule has 1 aromatic rings. The summed E-state index contributed by atoms with van der Waals surface area (Å²) in [6.07, 6.45) is 5.96. The Morgan fingerprint density at radius 3 is 3.05 bits per heavy atom. The molecule has 1 saturated heterocycles. The molecule has 1 aliphatic carbocycles. The van der Waals surface area contributed by atoms with Gasteiger partial charge in [0.15, 0.2) is 0 Å². The van der Waals surface area contributed by atoms with E-state index >= 15 is 0 Å². The fourth-order valence-corrected chi connectivity index (χ4v) is 3.72. The lowest BCUT2D eigenvalue weighted by atomic mass is 9.98. The van der Waals surface area contributed by atoms with Gasteiger partial charge < -0.3 is 10.6 Å². The Bertz CT molecular complexity index is 493. The van der Waals surface area contributed by atoms with E-state index in [4.69, 9.17) is 5.73 Å². The zero-order valence-electron chi connectivity index (χ0n) is 11.1. The molecule has 102 valence electrons. The third-order valence-electron chi connectivity index (χ3n) is 4.39. The number of thioether (sulfide) groups is 1. The Morgan fingerprint density at radius 1 is 1.47 bits per heavy atom. The molecule has 2 aliphatic rings. The van der Waals surface area contributed by atoms with Gasteiger partial charge in [-0.05, 0) is 43.1 Å². The summed E-state index contributed by atoms with van der Waals surface area (Å²) < 4.78 is 0. The van der Waals surface area contributed by atoms with E-state index in [1.807, 2.05) is 17.2 Å². The number of nitrogens with two attached hydrogens (primary N) is 1. The van der Waals surface area contributed by atoms with Gasteiger partial charge >= 0.3 is 0 Å². The second-order valence-electron chi connectivity index (χ2n) is 5.46. The van der Waals surface area contributed by atoms with Crippen molar-refractivity contribution in [1.82, 2.24) is 9.88 Å². The predicted molar refractivity (Wildman–Crippen MR) is 76.1 cm³/mol. The molecule has 4 nitrogen and oxygen atoms in total. The van der Waals surface area contributed by atoms with Crippen LogP contribution in [0.1, 0.15) is 23.2 Å². The molecule has 3 atom stereocenters. The summed E-state index contributed by atoms with van der Waals surface area (Å²) in [5.41, 5.74) is 6.86. The number of nitrogens with zero attached hydrogens (tertiary/aromatic N) is 2. The lowest BCUT2D eigenvalue weighted by Crippen LogP contribution is -2.33. The highest BCUT2D eigenvalue weighted by Crippen LogP contribution is 2.37. The molecule has 5 heteroatoms. The first-order valence-electron chi connectivity index (χ1n) is 6.74. The van der Waals surface area contributed by atoms with E-state index in [0.717, 1.165) is 30.1 Å². The quantitative estimate of drug-likeness (QED) is 0.834. The third kappa shape index (κ3) is 2.37. The number of pyridine rings is 1. The van der Waals surface area contributed by atoms with E-state index in [0.29, 0.717) is 11.8 Å². The number of aromatic nitrogens is 1. The molecular formula is C14H19N3OS. The minimum absolute atomic E-state index is 0.124. The van der Waals surface area contributed by atoms with Gasteiger partial charge in [-0.1, -0.05) is 0 Å². The average molecular weight is 277 g/mol. The molecule has 3 unspecified atom stereocenters. The molecule has 1 aliphatic heterocycles. The summed E-state index contributed by atoms with van der Waals surface area (Å²) in [7, 11) is 0. The molecular weight excluding hydrogens is 258 g/mol. The van der Waals surface area contributed by atoms with Crippen molar-refractivity contribution >= 4 is 17.7 Å². The smallest absolute Gasteiger partial charge is 0.254 e. The first-order chi connectivity index (χ1) is 9.19. The molecule has 0 radical (unpaired) electrons. The van der Waals surface area contributed by atoms with Crippen LogP contribution in [0.15, 0.2) is 23.4 Å². The maximum Gasteiger partial charge on any atom is 0.254 e. The van der Waals surface area contributed by atoms with E-state index in [1.54, 1.807) is 24.0 Å². The van der Waals surface area contributed by atoms with E-state index in [1.165, 1.54) is 6.42 Å². The monoisotopic (exact) mass is 277 g/mol. The average Bonchev–Trinajstić information content (AvgIpc) is 3.01. The molecule has 0 aromatic carbocycles. The highest BCUT2D eigenvalue weighted by atomic mass is 32.2. The Hall–Kier alpha value is -1.07. The van der Waals surface area contributed by atoms with Crippen LogP contribution in [-0.4, -0.2) is 41.2 Å². The first kappa shape index (κ1) is 12.9. The molecule has 0 spiro atoms. The van der Waals surface area contributed by atoms with Crippen molar-refractivity contribution in [3.63, 3.8) is 0 Å². The molecule has 2 fully saturated rings. The van der Waals surface area contributed by atoms with Gasteiger partial charge in [0.25, 0.3) is 5.91 Å². The number of hydrogen-bond acceptors (Lipinski definition) is 4. The van der Waals surface area contributed by atoms with Gasteiger partial charge in [0.2, 0.25) is 0 Å². The summed E-state index contributed by atoms with van der Waals surface area (Å²) >= 11 is 1.56. The van der Waals surface area contributed by atoms with Crippen LogP contribution in [-0.2, 0) is 0 Å². The molecule has 2 heterocycles. The maximum absolute atomic E-state index is 12.5. The fraction of sp³-hybridized carbons (Fsp3) is 0.571. The number of carbonyl (C=O) groups is 1. The lowest BCUT2D eigenvalue weighted by molar-refractivity contribution is 0.0779. The van der Waals surface area contributed by atoms with Crippen molar-refractivity contribution in [1.29, 1.82) is 0 Å². The van der Waals surface area contributed by atoms with Crippen LogP contribution >= 0.6 is 11.8 Å². The third-order valence-corrected chi connectivity index (χ3v) is 5.03. The Balaban J connectivity index is 1.74. The van der Waals surface area contributed by atoms with Crippen molar-refractivity contribution in [2.24, 2.45) is 17.6 Å². The zero-order chi connectivity index (χ0) is 13.4. The molecule has 3 rings (SSSR count). The molecule has 0 bridgehead atoms. The summed E-state index contributed by atoms with van der Waals surface area (Å²) in [6.45, 7) is 1.69. The Labute approximate surface area is 117 Å². The first-order valence-corrected chi connectivity index (χ1v) is 7.96. The van der Waals surface area contributed by atoms with Crippen LogP contribution in [0, 0.1) is 11.8 Å². The van der Waals surface area contributed by atoms with Crippen molar-refractivity contribution in [3.8, 4) is 0 Å². The van der Waals surface area contributed by atoms with Crippen LogP contribution < -0.4 is 5.73 Å². The zero-order valence-corrected chi connectivity index (χ0v) is 11.9. The number of fused-ring (bicyclic) bond motifs is 1. The van der Waals surface area contributed by atoms with Gasteiger partial charge in [0.05, 0.1) is 5.03 Å². The van der Waals surface area contributed by atoms with E-state index in [9.17, 15) is 4.79 Å². The van der Waals surface area contributed by atoms with E-state index < -0.39 is 0 Å². The van der Waals surface area contributed by atoms with Crippen LogP contribution in [0.2, 0.25) is 0 Å². The normalized spacial score (nSPS) is 29.6. The molecule has 1 amide bonds. The topological polar surface area (TPSA) is 59.2 Å². The molecule has 1 aromatic heterocycles. The van der Waals surface area contributed by atoms with Crippen molar-refractivity contribution in [3.05, 3.63) is 23.9 Å². The maximum atomic E-state index is 12.5. The van der Waals surface area contributed by atoms with Crippen LogP contribution in [0.4, 0.5) is 0 Å². The highest BCUT2D eigenvalue weighted by Gasteiger charge is 2.42. The van der Waals surface area contributed by atoms with E-state index in [-0.39, 0.29) is 11.9 Å². The van der Waals surface area contributed by atoms with Gasteiger partial charge in [0, 0.05) is 30.9 Å². The SMILES string of the molecule is CSc1cc(C(=O)N2CC3CCC(N)C3C2)ccn1. The highest BCUT2D eigenvalue weighted by molar-refractivity contribution is 7.98. The number of hydrogen-bond donors (Lipinski definition) is 1. The Kier molecular flexibility index (Phi) is 3.50. The second kappa shape index (κ2) is 5.13. The number of carbonyl (C=O) groups excluding carboxylic acids is 1. The van der Waals surface area contributed by atoms with Crippen LogP contribution in [0.5, 0.6) is 0 Å². The van der Waals surface area contributed by atoms with Crippen LogP contribution in [0.3, 0.4) is 0 Å². The second-order valence-corrected chi connectivity index (χ2v) is 6.29. The number of rotatable bonds is 2. The lowest BCUT2D eigenvalue weighted by Gasteiger charge is -2.19. The predicted octanol–water partition coefficient (Wildman–Crippen LogP) is 1.61. The standard InChI is InChI=1S/C14H19N3OS/c1-19-13-6-9(4-5-16-13)14(18)17-7-10-2-3-12(15)11(10)8-17/h4-6,10-12H,2-3,7-8,15H2,1H3. The van der Waals surface area contributed by atoms with Gasteiger partial charge in [0.1, 0.15) is 0 Å². The molecule has 1 saturated carbocycles. The van der Waals surface area contributed by atoms with Crippen LogP contribution in [0.25, 0.3) is 0 Å². The largest absolute Gasteiger partial charge is 0.338 e. The van der Waals surface area contributed by atoms with Gasteiger partial charge in [-0.2, -0.15) is 0 Å². The van der Waals surface area contributed by atoms with Gasteiger partial charge in [-0.3, -0.25) is 4.79 Å². The molecule has 2 N–H and O–H groups in total. The summed E-state index contributed by atoms with van der Waals surface area (Å²) in [5, 5.41) is 0.891. The number of likely N-dealkylation sites (tertiary alicyclic amines) is 1. The van der Waals surface area contributed by atoms with Gasteiger partial charge in [-0.25, -0.2) is 4.98 Å². The Morgan fingerprint density at radius 2 is 2.32 bits per heavy atom. The fourth-order valence-electron chi connectivity index (χ4n) is 3.31. The number of amides is 1. The summed E-state index contributed by atoms with van der Waals surface area (Å²) in [6, 6.07) is 3.96. The van der Waals surface area contributed by atoms with Gasteiger partial charge in [-0.15, -0.1) is 11.8 Å². The summed E-state index contributed by atoms with van der Waals surface area (Å²) in [5.74, 6) is 1.24. The van der Waals surface area contributed by atoms with E-state index in [2.05, 4.69) is 4.98 Å². The summed E-state index contributed by atoms with van der Waals surface area (Å²) in [4.78, 5) is 18.7. The minimum atomic E-state index is 0.124. The van der Waals surface area contributed by atoms with Crippen molar-refractivity contribution in [2.75, 3.05) is 19.3 Å². The van der Waals surface area contributed by atoms with Crippen molar-refractivity contribution in [2.45, 2.75) is 23.9 Å². The molecule has 19 heavy (non-hydrogen) atoms. The van der Waals surface area contributed by atoms with Crippen molar-refractivity contribution < 1.29 is 4.79 Å².